The largest absolute Gasteiger partial charge is 0.493 e. The summed E-state index contributed by atoms with van der Waals surface area (Å²) in [5.41, 5.74) is 3.43. The Balaban J connectivity index is 1.47. The van der Waals surface area contributed by atoms with Crippen molar-refractivity contribution in [3.8, 4) is 11.5 Å². The molecule has 0 atom stereocenters. The molecule has 0 spiro atoms. The van der Waals surface area contributed by atoms with Gasteiger partial charge < -0.3 is 14.8 Å². The van der Waals surface area contributed by atoms with E-state index in [1.54, 1.807) is 29.2 Å². The van der Waals surface area contributed by atoms with Gasteiger partial charge in [-0.2, -0.15) is 0 Å². The summed E-state index contributed by atoms with van der Waals surface area (Å²) >= 11 is 1.34. The number of carbonyl (C=O) groups excluding carboxylic acids is 2. The van der Waals surface area contributed by atoms with E-state index in [1.807, 2.05) is 68.5 Å². The summed E-state index contributed by atoms with van der Waals surface area (Å²) in [6, 6.07) is 22.4. The fraction of sp³-hybridized carbons (Fsp3) is 0.179. The highest BCUT2D eigenvalue weighted by Gasteiger charge is 2.32. The topological polar surface area (TPSA) is 80.2 Å². The second-order valence-corrected chi connectivity index (χ2v) is 9.01. The highest BCUT2D eigenvalue weighted by Crippen LogP contribution is 2.35. The van der Waals surface area contributed by atoms with E-state index in [-0.39, 0.29) is 18.4 Å². The Morgan fingerprint density at radius 3 is 2.50 bits per heavy atom. The maximum absolute atomic E-state index is 13.0. The molecule has 36 heavy (non-hydrogen) atoms. The van der Waals surface area contributed by atoms with Gasteiger partial charge in [-0.25, -0.2) is 4.99 Å². The monoisotopic (exact) mass is 501 g/mol. The quantitative estimate of drug-likeness (QED) is 0.404. The molecule has 7 nitrogen and oxygen atoms in total. The number of hydrogen-bond donors (Lipinski definition) is 1. The van der Waals surface area contributed by atoms with Crippen LogP contribution in [0.2, 0.25) is 0 Å². The van der Waals surface area contributed by atoms with Crippen molar-refractivity contribution >= 4 is 46.2 Å². The summed E-state index contributed by atoms with van der Waals surface area (Å²) in [7, 11) is 1.53. The Kier molecular flexibility index (Phi) is 8.07. The normalized spacial score (nSPS) is 15.4. The highest BCUT2D eigenvalue weighted by atomic mass is 32.2. The van der Waals surface area contributed by atoms with E-state index in [1.165, 1.54) is 18.9 Å². The maximum atomic E-state index is 13.0. The van der Waals surface area contributed by atoms with Crippen molar-refractivity contribution in [2.45, 2.75) is 13.8 Å². The SMILES string of the molecule is CCN1C(=O)/C(=C\c2ccc(OCC(=O)Nc3ccccc3)c(OC)c2)SC1=Nc1ccc(C)cc1. The molecule has 0 aromatic heterocycles. The second kappa shape index (κ2) is 11.6. The van der Waals surface area contributed by atoms with Crippen molar-refractivity contribution in [2.24, 2.45) is 4.99 Å². The third-order valence-corrected chi connectivity index (χ3v) is 6.37. The molecular formula is C28H27N3O4S. The van der Waals surface area contributed by atoms with E-state index in [0.717, 1.165) is 16.8 Å². The molecule has 0 radical (unpaired) electrons. The molecule has 0 bridgehead atoms. The van der Waals surface area contributed by atoms with E-state index >= 15 is 0 Å². The molecule has 2 amide bonds. The van der Waals surface area contributed by atoms with Gasteiger partial charge in [0.1, 0.15) is 0 Å². The van der Waals surface area contributed by atoms with E-state index in [2.05, 4.69) is 10.3 Å². The Hall–Kier alpha value is -4.04. The molecule has 1 heterocycles. The van der Waals surface area contributed by atoms with Gasteiger partial charge >= 0.3 is 0 Å². The van der Waals surface area contributed by atoms with Gasteiger partial charge in [0.15, 0.2) is 23.3 Å². The summed E-state index contributed by atoms with van der Waals surface area (Å²) in [6.07, 6.45) is 1.81. The average Bonchev–Trinajstić information content (AvgIpc) is 3.18. The van der Waals surface area contributed by atoms with Crippen molar-refractivity contribution in [3.05, 3.63) is 88.8 Å². The van der Waals surface area contributed by atoms with Gasteiger partial charge in [0, 0.05) is 12.2 Å². The summed E-state index contributed by atoms with van der Waals surface area (Å²) < 4.78 is 11.1. The Bertz CT molecular complexity index is 1300. The molecule has 3 aromatic rings. The van der Waals surface area contributed by atoms with Gasteiger partial charge in [0.2, 0.25) is 0 Å². The van der Waals surface area contributed by atoms with Crippen molar-refractivity contribution < 1.29 is 19.1 Å². The Morgan fingerprint density at radius 2 is 1.81 bits per heavy atom. The molecular weight excluding hydrogens is 474 g/mol. The molecule has 0 saturated carbocycles. The highest BCUT2D eigenvalue weighted by molar-refractivity contribution is 8.18. The lowest BCUT2D eigenvalue weighted by molar-refractivity contribution is -0.122. The maximum Gasteiger partial charge on any atom is 0.266 e. The Labute approximate surface area is 214 Å². The molecule has 1 saturated heterocycles. The number of benzene rings is 3. The number of methoxy groups -OCH3 is 1. The molecule has 0 unspecified atom stereocenters. The number of hydrogen-bond acceptors (Lipinski definition) is 6. The lowest BCUT2D eigenvalue weighted by Gasteiger charge is -2.12. The van der Waals surface area contributed by atoms with Crippen LogP contribution in [0.1, 0.15) is 18.1 Å². The van der Waals surface area contributed by atoms with Crippen LogP contribution in [0, 0.1) is 6.92 Å². The first kappa shape index (κ1) is 25.1. The molecule has 4 rings (SSSR count). The van der Waals surface area contributed by atoms with Gasteiger partial charge in [-0.3, -0.25) is 14.5 Å². The summed E-state index contributed by atoms with van der Waals surface area (Å²) in [5.74, 6) is 0.533. The van der Waals surface area contributed by atoms with E-state index in [0.29, 0.717) is 33.8 Å². The first-order chi connectivity index (χ1) is 17.5. The molecule has 1 N–H and O–H groups in total. The molecule has 1 aliphatic heterocycles. The van der Waals surface area contributed by atoms with Crippen molar-refractivity contribution in [3.63, 3.8) is 0 Å². The standard InChI is InChI=1S/C28H27N3O4S/c1-4-31-27(33)25(36-28(31)30-22-13-10-19(2)11-14-22)17-20-12-15-23(24(16-20)34-3)35-18-26(32)29-21-8-6-5-7-9-21/h5-17H,4,18H2,1-3H3,(H,29,32)/b25-17+,30-28?. The summed E-state index contributed by atoms with van der Waals surface area (Å²) in [5, 5.41) is 3.42. The first-order valence-electron chi connectivity index (χ1n) is 11.5. The zero-order valence-electron chi connectivity index (χ0n) is 20.4. The van der Waals surface area contributed by atoms with Crippen LogP contribution in [0.15, 0.2) is 82.7 Å². The molecule has 1 aliphatic rings. The third-order valence-electron chi connectivity index (χ3n) is 5.36. The minimum Gasteiger partial charge on any atom is -0.493 e. The van der Waals surface area contributed by atoms with Gasteiger partial charge in [-0.1, -0.05) is 42.0 Å². The van der Waals surface area contributed by atoms with Gasteiger partial charge in [0.25, 0.3) is 11.8 Å². The van der Waals surface area contributed by atoms with Crippen LogP contribution in [0.25, 0.3) is 6.08 Å². The number of nitrogens with zero attached hydrogens (tertiary/aromatic N) is 2. The zero-order chi connectivity index (χ0) is 25.5. The number of aryl methyl sites for hydroxylation is 1. The molecule has 1 fully saturated rings. The van der Waals surface area contributed by atoms with Gasteiger partial charge in [0.05, 0.1) is 17.7 Å². The van der Waals surface area contributed by atoms with Gasteiger partial charge in [-0.15, -0.1) is 0 Å². The minimum absolute atomic E-state index is 0.0924. The predicted octanol–water partition coefficient (Wildman–Crippen LogP) is 5.65. The van der Waals surface area contributed by atoms with Crippen molar-refractivity contribution in [1.82, 2.24) is 4.90 Å². The number of amidine groups is 1. The fourth-order valence-electron chi connectivity index (χ4n) is 3.51. The number of para-hydroxylation sites is 1. The molecule has 184 valence electrons. The zero-order valence-corrected chi connectivity index (χ0v) is 21.2. The Morgan fingerprint density at radius 1 is 1.06 bits per heavy atom. The predicted molar refractivity (Wildman–Crippen MR) is 145 cm³/mol. The van der Waals surface area contributed by atoms with Crippen LogP contribution in [0.5, 0.6) is 11.5 Å². The average molecular weight is 502 g/mol. The first-order valence-corrected chi connectivity index (χ1v) is 12.3. The van der Waals surface area contributed by atoms with Crippen LogP contribution in [0.3, 0.4) is 0 Å². The van der Waals surface area contributed by atoms with Crippen LogP contribution in [-0.4, -0.2) is 42.1 Å². The number of thioether (sulfide) groups is 1. The van der Waals surface area contributed by atoms with Crippen LogP contribution < -0.4 is 14.8 Å². The van der Waals surface area contributed by atoms with E-state index in [9.17, 15) is 9.59 Å². The number of ether oxygens (including phenoxy) is 2. The lowest BCUT2D eigenvalue weighted by atomic mass is 10.2. The number of anilines is 1. The molecule has 8 heteroatoms. The lowest BCUT2D eigenvalue weighted by Crippen LogP contribution is -2.28. The summed E-state index contributed by atoms with van der Waals surface area (Å²) in [4.78, 5) is 32.1. The van der Waals surface area contributed by atoms with Crippen molar-refractivity contribution in [1.29, 1.82) is 0 Å². The summed E-state index contributed by atoms with van der Waals surface area (Å²) in [6.45, 7) is 4.31. The number of nitrogens with one attached hydrogen (secondary N) is 1. The third kappa shape index (κ3) is 6.14. The number of likely N-dealkylation sites (N-methyl/N-ethyl adjacent to an activating group) is 1. The fourth-order valence-corrected chi connectivity index (χ4v) is 4.57. The van der Waals surface area contributed by atoms with Crippen molar-refractivity contribution in [2.75, 3.05) is 25.6 Å². The van der Waals surface area contributed by atoms with E-state index < -0.39 is 0 Å². The molecule has 3 aromatic carbocycles. The van der Waals surface area contributed by atoms with E-state index in [4.69, 9.17) is 9.47 Å². The minimum atomic E-state index is -0.276. The number of amides is 2. The second-order valence-electron chi connectivity index (χ2n) is 8.00. The number of carbonyl (C=O) groups is 2. The van der Waals surface area contributed by atoms with Crippen LogP contribution in [-0.2, 0) is 9.59 Å². The van der Waals surface area contributed by atoms with Gasteiger partial charge in [-0.05, 0) is 73.6 Å². The number of rotatable bonds is 8. The van der Waals surface area contributed by atoms with Crippen LogP contribution in [0.4, 0.5) is 11.4 Å². The van der Waals surface area contributed by atoms with Crippen LogP contribution >= 0.6 is 11.8 Å². The smallest absolute Gasteiger partial charge is 0.266 e. The number of aliphatic imine (C=N–C) groups is 1. The molecule has 0 aliphatic carbocycles.